The highest BCUT2D eigenvalue weighted by Crippen LogP contribution is 2.35. The van der Waals surface area contributed by atoms with Crippen molar-refractivity contribution in [2.45, 2.75) is 13.0 Å². The third-order valence-corrected chi connectivity index (χ3v) is 5.63. The maximum atomic E-state index is 12.5. The van der Waals surface area contributed by atoms with Gasteiger partial charge in [-0.25, -0.2) is 8.42 Å². The number of hydrogen-bond donors (Lipinski definition) is 1. The van der Waals surface area contributed by atoms with Crippen LogP contribution < -0.4 is 19.1 Å². The van der Waals surface area contributed by atoms with E-state index in [9.17, 15) is 13.2 Å². The van der Waals surface area contributed by atoms with Crippen molar-refractivity contribution in [3.63, 3.8) is 0 Å². The minimum absolute atomic E-state index is 0.0908. The second kappa shape index (κ2) is 8.28. The molecule has 2 aromatic carbocycles. The second-order valence-corrected chi connectivity index (χ2v) is 8.76. The highest BCUT2D eigenvalue weighted by molar-refractivity contribution is 7.92. The van der Waals surface area contributed by atoms with Crippen molar-refractivity contribution in [3.05, 3.63) is 53.1 Å². The third kappa shape index (κ3) is 4.69. The quantitative estimate of drug-likeness (QED) is 0.719. The van der Waals surface area contributed by atoms with E-state index in [0.29, 0.717) is 22.2 Å². The average molecular weight is 425 g/mol. The molecule has 3 rings (SSSR count). The number of para-hydroxylation sites is 1. The lowest BCUT2D eigenvalue weighted by atomic mass is 10.1. The van der Waals surface area contributed by atoms with Crippen molar-refractivity contribution in [3.8, 4) is 11.5 Å². The predicted molar refractivity (Wildman–Crippen MR) is 108 cm³/mol. The number of nitrogens with zero attached hydrogens (tertiary/aromatic N) is 1. The molecule has 1 N–H and O–H groups in total. The lowest BCUT2D eigenvalue weighted by Gasteiger charge is -2.34. The Morgan fingerprint density at radius 1 is 1.32 bits per heavy atom. The minimum atomic E-state index is -3.55. The van der Waals surface area contributed by atoms with Crippen molar-refractivity contribution in [1.82, 2.24) is 5.32 Å². The van der Waals surface area contributed by atoms with Gasteiger partial charge in [-0.2, -0.15) is 0 Å². The summed E-state index contributed by atoms with van der Waals surface area (Å²) in [6, 6.07) is 12.2. The van der Waals surface area contributed by atoms with Gasteiger partial charge in [0.15, 0.2) is 6.10 Å². The van der Waals surface area contributed by atoms with Gasteiger partial charge < -0.3 is 14.8 Å². The molecule has 0 saturated carbocycles. The second-order valence-electron chi connectivity index (χ2n) is 6.44. The molecule has 9 heteroatoms. The van der Waals surface area contributed by atoms with Crippen LogP contribution in [0.5, 0.6) is 11.5 Å². The van der Waals surface area contributed by atoms with Gasteiger partial charge >= 0.3 is 0 Å². The van der Waals surface area contributed by atoms with E-state index >= 15 is 0 Å². The Morgan fingerprint density at radius 3 is 2.79 bits per heavy atom. The molecule has 0 fully saturated rings. The van der Waals surface area contributed by atoms with Crippen LogP contribution in [0.2, 0.25) is 5.02 Å². The number of sulfonamides is 1. The molecule has 1 unspecified atom stereocenters. The van der Waals surface area contributed by atoms with E-state index in [2.05, 4.69) is 5.32 Å². The number of amides is 1. The molecule has 2 aromatic rings. The summed E-state index contributed by atoms with van der Waals surface area (Å²) < 4.78 is 36.8. The minimum Gasteiger partial charge on any atom is -0.490 e. The Hall–Kier alpha value is -2.45. The van der Waals surface area contributed by atoms with Crippen LogP contribution in [0, 0.1) is 6.92 Å². The van der Waals surface area contributed by atoms with Crippen molar-refractivity contribution >= 4 is 33.2 Å². The SMILES string of the molecule is Cc1ccc2c(c1)N(S(C)(=O)=O)CC(C(=O)NCCOc1ccccc1Cl)O2. The summed E-state index contributed by atoms with van der Waals surface area (Å²) in [4.78, 5) is 12.5. The predicted octanol–water partition coefficient (Wildman–Crippen LogP) is 2.37. The largest absolute Gasteiger partial charge is 0.490 e. The topological polar surface area (TPSA) is 84.9 Å². The fourth-order valence-electron chi connectivity index (χ4n) is 2.82. The van der Waals surface area contributed by atoms with Crippen LogP contribution in [0.25, 0.3) is 0 Å². The van der Waals surface area contributed by atoms with Crippen LogP contribution in [-0.4, -0.2) is 46.4 Å². The molecule has 1 amide bonds. The number of hydrogen-bond acceptors (Lipinski definition) is 5. The van der Waals surface area contributed by atoms with Crippen LogP contribution in [0.1, 0.15) is 5.56 Å². The molecule has 28 heavy (non-hydrogen) atoms. The number of rotatable bonds is 6. The van der Waals surface area contributed by atoms with Gasteiger partial charge in [-0.05, 0) is 36.8 Å². The summed E-state index contributed by atoms with van der Waals surface area (Å²) in [5.41, 5.74) is 1.34. The Morgan fingerprint density at radius 2 is 2.07 bits per heavy atom. The summed E-state index contributed by atoms with van der Waals surface area (Å²) in [7, 11) is -3.55. The summed E-state index contributed by atoms with van der Waals surface area (Å²) in [5.74, 6) is 0.470. The number of halogens is 1. The van der Waals surface area contributed by atoms with Gasteiger partial charge in [0, 0.05) is 0 Å². The third-order valence-electron chi connectivity index (χ3n) is 4.17. The van der Waals surface area contributed by atoms with Gasteiger partial charge in [0.1, 0.15) is 18.1 Å². The molecule has 0 saturated heterocycles. The van der Waals surface area contributed by atoms with Gasteiger partial charge in [0.2, 0.25) is 10.0 Å². The van der Waals surface area contributed by atoms with Crippen LogP contribution in [0.4, 0.5) is 5.69 Å². The number of anilines is 1. The molecule has 0 radical (unpaired) electrons. The maximum Gasteiger partial charge on any atom is 0.263 e. The molecule has 1 aliphatic heterocycles. The Kier molecular flexibility index (Phi) is 6.00. The summed E-state index contributed by atoms with van der Waals surface area (Å²) in [6.07, 6.45) is 0.154. The summed E-state index contributed by atoms with van der Waals surface area (Å²) >= 11 is 6.01. The van der Waals surface area contributed by atoms with E-state index in [1.807, 2.05) is 6.92 Å². The normalized spacial score (nSPS) is 16.1. The number of benzene rings is 2. The molecular formula is C19H21ClN2O5S. The fraction of sp³-hybridized carbons (Fsp3) is 0.316. The van der Waals surface area contributed by atoms with E-state index in [1.54, 1.807) is 42.5 Å². The number of aryl methyl sites for hydroxylation is 1. The molecule has 1 aliphatic rings. The first-order chi connectivity index (χ1) is 13.3. The zero-order valence-electron chi connectivity index (χ0n) is 15.5. The first-order valence-electron chi connectivity index (χ1n) is 8.66. The highest BCUT2D eigenvalue weighted by Gasteiger charge is 2.34. The number of carbonyl (C=O) groups is 1. The zero-order valence-corrected chi connectivity index (χ0v) is 17.1. The van der Waals surface area contributed by atoms with Gasteiger partial charge in [0.05, 0.1) is 30.1 Å². The molecule has 150 valence electrons. The molecule has 0 aliphatic carbocycles. The van der Waals surface area contributed by atoms with Gasteiger partial charge in [-0.15, -0.1) is 0 Å². The first-order valence-corrected chi connectivity index (χ1v) is 10.9. The monoisotopic (exact) mass is 424 g/mol. The van der Waals surface area contributed by atoms with E-state index in [0.717, 1.165) is 11.8 Å². The number of nitrogens with one attached hydrogen (secondary N) is 1. The molecular weight excluding hydrogens is 404 g/mol. The van der Waals surface area contributed by atoms with Crippen LogP contribution in [0.15, 0.2) is 42.5 Å². The summed E-state index contributed by atoms with van der Waals surface area (Å²) in [5, 5.41) is 3.19. The average Bonchev–Trinajstić information content (AvgIpc) is 2.64. The Balaban J connectivity index is 1.63. The van der Waals surface area contributed by atoms with Gasteiger partial charge in [-0.1, -0.05) is 29.8 Å². The smallest absolute Gasteiger partial charge is 0.263 e. The van der Waals surface area contributed by atoms with Crippen molar-refractivity contribution < 1.29 is 22.7 Å². The molecule has 1 heterocycles. The fourth-order valence-corrected chi connectivity index (χ4v) is 3.92. The zero-order chi connectivity index (χ0) is 20.3. The maximum absolute atomic E-state index is 12.5. The lowest BCUT2D eigenvalue weighted by Crippen LogP contribution is -2.51. The van der Waals surface area contributed by atoms with Crippen molar-refractivity contribution in [1.29, 1.82) is 0 Å². The molecule has 0 bridgehead atoms. The van der Waals surface area contributed by atoms with Crippen LogP contribution in [-0.2, 0) is 14.8 Å². The number of ether oxygens (including phenoxy) is 2. The Labute approximate surface area is 169 Å². The Bertz CT molecular complexity index is 980. The van der Waals surface area contributed by atoms with E-state index in [4.69, 9.17) is 21.1 Å². The van der Waals surface area contributed by atoms with Crippen molar-refractivity contribution in [2.75, 3.05) is 30.3 Å². The first kappa shape index (κ1) is 20.3. The molecule has 0 spiro atoms. The lowest BCUT2D eigenvalue weighted by molar-refractivity contribution is -0.127. The molecule has 1 atom stereocenters. The van der Waals surface area contributed by atoms with Gasteiger partial charge in [0.25, 0.3) is 5.91 Å². The van der Waals surface area contributed by atoms with Crippen LogP contribution >= 0.6 is 11.6 Å². The highest BCUT2D eigenvalue weighted by atomic mass is 35.5. The standard InChI is InChI=1S/C19H21ClN2O5S/c1-13-7-8-17-15(11-13)22(28(2,24)25)12-18(27-17)19(23)21-9-10-26-16-6-4-3-5-14(16)20/h3-8,11,18H,9-10,12H2,1-2H3,(H,21,23). The van der Waals surface area contributed by atoms with E-state index < -0.39 is 22.0 Å². The van der Waals surface area contributed by atoms with E-state index in [1.165, 1.54) is 4.31 Å². The van der Waals surface area contributed by atoms with Crippen molar-refractivity contribution in [2.24, 2.45) is 0 Å². The molecule has 7 nitrogen and oxygen atoms in total. The van der Waals surface area contributed by atoms with Crippen LogP contribution in [0.3, 0.4) is 0 Å². The summed E-state index contributed by atoms with van der Waals surface area (Å²) in [6.45, 7) is 2.21. The van der Waals surface area contributed by atoms with Gasteiger partial charge in [-0.3, -0.25) is 9.10 Å². The number of carbonyl (C=O) groups excluding carboxylic acids is 1. The molecule has 0 aromatic heterocycles. The van der Waals surface area contributed by atoms with E-state index in [-0.39, 0.29) is 19.7 Å². The number of fused-ring (bicyclic) bond motifs is 1.